The van der Waals surface area contributed by atoms with Crippen molar-refractivity contribution in [2.24, 2.45) is 0 Å². The minimum atomic E-state index is -3.90. The van der Waals surface area contributed by atoms with Gasteiger partial charge in [0.25, 0.3) is 10.0 Å². The topological polar surface area (TPSA) is 46.2 Å². The highest BCUT2D eigenvalue weighted by Crippen LogP contribution is 2.28. The second kappa shape index (κ2) is 5.59. The molecule has 0 heterocycles. The van der Waals surface area contributed by atoms with Gasteiger partial charge in [0.05, 0.1) is 10.7 Å². The van der Waals surface area contributed by atoms with Gasteiger partial charge < -0.3 is 0 Å². The lowest BCUT2D eigenvalue weighted by Gasteiger charge is -2.11. The third-order valence-corrected chi connectivity index (χ3v) is 5.07. The van der Waals surface area contributed by atoms with Crippen molar-refractivity contribution < 1.29 is 12.8 Å². The summed E-state index contributed by atoms with van der Waals surface area (Å²) in [4.78, 5) is -0.163. The molecule has 3 aromatic carbocycles. The van der Waals surface area contributed by atoms with Crippen LogP contribution in [0.2, 0.25) is 5.02 Å². The highest BCUT2D eigenvalue weighted by molar-refractivity contribution is 7.92. The van der Waals surface area contributed by atoms with Gasteiger partial charge in [-0.15, -0.1) is 0 Å². The lowest BCUT2D eigenvalue weighted by molar-refractivity contribution is 0.600. The molecule has 0 saturated heterocycles. The van der Waals surface area contributed by atoms with E-state index < -0.39 is 15.8 Å². The summed E-state index contributed by atoms with van der Waals surface area (Å²) in [6.07, 6.45) is 0. The molecule has 0 spiro atoms. The molecule has 6 heteroatoms. The second-order valence-electron chi connectivity index (χ2n) is 4.71. The first-order chi connectivity index (χ1) is 10.5. The van der Waals surface area contributed by atoms with Crippen LogP contribution in [0.1, 0.15) is 0 Å². The zero-order chi connectivity index (χ0) is 15.7. The quantitative estimate of drug-likeness (QED) is 0.769. The van der Waals surface area contributed by atoms with Crippen molar-refractivity contribution in [3.8, 4) is 0 Å². The van der Waals surface area contributed by atoms with Gasteiger partial charge in [-0.1, -0.05) is 48.0 Å². The van der Waals surface area contributed by atoms with E-state index in [1.54, 1.807) is 12.1 Å². The Bertz CT molecular complexity index is 952. The number of benzene rings is 3. The maximum absolute atomic E-state index is 13.1. The van der Waals surface area contributed by atoms with Gasteiger partial charge in [-0.2, -0.15) is 0 Å². The molecule has 1 N–H and O–H groups in total. The Morgan fingerprint density at radius 2 is 1.68 bits per heavy atom. The van der Waals surface area contributed by atoms with E-state index in [9.17, 15) is 12.8 Å². The normalized spacial score (nSPS) is 11.5. The number of anilines is 1. The fourth-order valence-corrected chi connectivity index (χ4v) is 3.82. The number of halogens is 2. The number of sulfonamides is 1. The smallest absolute Gasteiger partial charge is 0.263 e. The van der Waals surface area contributed by atoms with Crippen molar-refractivity contribution in [3.05, 3.63) is 71.5 Å². The molecular weight excluding hydrogens is 325 g/mol. The van der Waals surface area contributed by atoms with Gasteiger partial charge in [0.2, 0.25) is 0 Å². The van der Waals surface area contributed by atoms with E-state index in [0.717, 1.165) is 29.0 Å². The SMILES string of the molecule is O=S(=O)(Nc1cccc2ccccc12)c1ccc(F)cc1Cl. The molecular formula is C16H11ClFNO2S. The average molecular weight is 336 g/mol. The van der Waals surface area contributed by atoms with Gasteiger partial charge in [0.1, 0.15) is 10.7 Å². The number of hydrogen-bond acceptors (Lipinski definition) is 2. The molecule has 0 saturated carbocycles. The van der Waals surface area contributed by atoms with Crippen LogP contribution in [-0.2, 0) is 10.0 Å². The molecule has 0 aromatic heterocycles. The van der Waals surface area contributed by atoms with Gasteiger partial charge in [0, 0.05) is 5.39 Å². The summed E-state index contributed by atoms with van der Waals surface area (Å²) in [5.74, 6) is -0.589. The maximum Gasteiger partial charge on any atom is 0.263 e. The highest BCUT2D eigenvalue weighted by Gasteiger charge is 2.19. The number of nitrogens with one attached hydrogen (secondary N) is 1. The number of hydrogen-bond donors (Lipinski definition) is 1. The molecule has 0 fully saturated rings. The molecule has 112 valence electrons. The van der Waals surface area contributed by atoms with Crippen molar-refractivity contribution in [1.29, 1.82) is 0 Å². The first-order valence-corrected chi connectivity index (χ1v) is 8.29. The Kier molecular flexibility index (Phi) is 3.76. The molecule has 0 aliphatic carbocycles. The fourth-order valence-electron chi connectivity index (χ4n) is 2.21. The highest BCUT2D eigenvalue weighted by atomic mass is 35.5. The molecule has 0 aliphatic rings. The zero-order valence-electron chi connectivity index (χ0n) is 11.3. The van der Waals surface area contributed by atoms with E-state index in [1.807, 2.05) is 30.3 Å². The molecule has 22 heavy (non-hydrogen) atoms. The van der Waals surface area contributed by atoms with Gasteiger partial charge in [-0.05, 0) is 29.7 Å². The van der Waals surface area contributed by atoms with E-state index in [4.69, 9.17) is 11.6 Å². The summed E-state index contributed by atoms with van der Waals surface area (Å²) in [6.45, 7) is 0. The molecule has 0 amide bonds. The summed E-state index contributed by atoms with van der Waals surface area (Å²) < 4.78 is 40.5. The Morgan fingerprint density at radius 3 is 2.45 bits per heavy atom. The minimum Gasteiger partial charge on any atom is -0.279 e. The first kappa shape index (κ1) is 14.8. The van der Waals surface area contributed by atoms with Crippen LogP contribution >= 0.6 is 11.6 Å². The molecule has 0 unspecified atom stereocenters. The monoisotopic (exact) mass is 335 g/mol. The Balaban J connectivity index is 2.07. The summed E-state index contributed by atoms with van der Waals surface area (Å²) in [6, 6.07) is 15.9. The van der Waals surface area contributed by atoms with Gasteiger partial charge in [-0.25, -0.2) is 12.8 Å². The van der Waals surface area contributed by atoms with Crippen LogP contribution in [0.3, 0.4) is 0 Å². The standard InChI is InChI=1S/C16H11ClFNO2S/c17-14-10-12(18)8-9-16(14)22(20,21)19-15-7-3-5-11-4-1-2-6-13(11)15/h1-10,19H. The van der Waals surface area contributed by atoms with E-state index in [1.165, 1.54) is 0 Å². The molecule has 0 bridgehead atoms. The van der Waals surface area contributed by atoms with Crippen LogP contribution in [0.15, 0.2) is 65.6 Å². The zero-order valence-corrected chi connectivity index (χ0v) is 12.8. The fraction of sp³-hybridized carbons (Fsp3) is 0. The molecule has 3 aromatic rings. The van der Waals surface area contributed by atoms with E-state index in [-0.39, 0.29) is 9.92 Å². The van der Waals surface area contributed by atoms with Crippen molar-refractivity contribution in [2.45, 2.75) is 4.90 Å². The van der Waals surface area contributed by atoms with E-state index in [0.29, 0.717) is 5.69 Å². The molecule has 0 radical (unpaired) electrons. The van der Waals surface area contributed by atoms with Crippen molar-refractivity contribution in [1.82, 2.24) is 0 Å². The van der Waals surface area contributed by atoms with Crippen LogP contribution in [0, 0.1) is 5.82 Å². The van der Waals surface area contributed by atoms with Crippen LogP contribution in [0.5, 0.6) is 0 Å². The van der Waals surface area contributed by atoms with Gasteiger partial charge >= 0.3 is 0 Å². The third-order valence-electron chi connectivity index (χ3n) is 3.22. The average Bonchev–Trinajstić information content (AvgIpc) is 2.47. The predicted octanol–water partition coefficient (Wildman–Crippen LogP) is 4.43. The number of rotatable bonds is 3. The largest absolute Gasteiger partial charge is 0.279 e. The molecule has 3 rings (SSSR count). The summed E-state index contributed by atoms with van der Waals surface area (Å²) >= 11 is 5.84. The van der Waals surface area contributed by atoms with Crippen LogP contribution in [0.4, 0.5) is 10.1 Å². The minimum absolute atomic E-state index is 0.160. The lowest BCUT2D eigenvalue weighted by Crippen LogP contribution is -2.13. The Morgan fingerprint density at radius 1 is 0.955 bits per heavy atom. The Labute approximate surface area is 132 Å². The van der Waals surface area contributed by atoms with Gasteiger partial charge in [-0.3, -0.25) is 4.72 Å². The van der Waals surface area contributed by atoms with Crippen molar-refractivity contribution in [2.75, 3.05) is 4.72 Å². The van der Waals surface area contributed by atoms with Crippen molar-refractivity contribution in [3.63, 3.8) is 0 Å². The van der Waals surface area contributed by atoms with Crippen LogP contribution < -0.4 is 4.72 Å². The molecule has 0 atom stereocenters. The summed E-state index contributed by atoms with van der Waals surface area (Å²) in [5, 5.41) is 1.52. The van der Waals surface area contributed by atoms with E-state index >= 15 is 0 Å². The lowest BCUT2D eigenvalue weighted by atomic mass is 10.1. The third kappa shape index (κ3) is 2.77. The Hall–Kier alpha value is -2.11. The van der Waals surface area contributed by atoms with Crippen LogP contribution in [-0.4, -0.2) is 8.42 Å². The first-order valence-electron chi connectivity index (χ1n) is 6.43. The van der Waals surface area contributed by atoms with Crippen molar-refractivity contribution >= 4 is 38.1 Å². The van der Waals surface area contributed by atoms with E-state index in [2.05, 4.69) is 4.72 Å². The molecule has 0 aliphatic heterocycles. The number of fused-ring (bicyclic) bond motifs is 1. The maximum atomic E-state index is 13.1. The van der Waals surface area contributed by atoms with Crippen LogP contribution in [0.25, 0.3) is 10.8 Å². The summed E-state index contributed by atoms with van der Waals surface area (Å²) in [7, 11) is -3.90. The second-order valence-corrected chi connectivity index (χ2v) is 6.76. The summed E-state index contributed by atoms with van der Waals surface area (Å²) in [5.41, 5.74) is 0.443. The van der Waals surface area contributed by atoms with Gasteiger partial charge in [0.15, 0.2) is 0 Å². The molecule has 3 nitrogen and oxygen atoms in total. The predicted molar refractivity (Wildman–Crippen MR) is 86.2 cm³/mol.